The van der Waals surface area contributed by atoms with Crippen LogP contribution in [0.3, 0.4) is 0 Å². The van der Waals surface area contributed by atoms with Gasteiger partial charge in [-0.15, -0.1) is 0 Å². The Hall–Kier alpha value is -2.15. The molecule has 29 heavy (non-hydrogen) atoms. The first-order valence-electron chi connectivity index (χ1n) is 10.9. The molecule has 1 saturated heterocycles. The third kappa shape index (κ3) is 8.01. The molecule has 1 fully saturated rings. The smallest absolute Gasteiger partial charge is 0.305 e. The molecule has 0 saturated carbocycles. The zero-order chi connectivity index (χ0) is 20.9. The first-order valence-corrected chi connectivity index (χ1v) is 10.9. The molecule has 1 aliphatic rings. The van der Waals surface area contributed by atoms with E-state index in [9.17, 15) is 4.79 Å². The Kier molecular flexibility index (Phi) is 10.5. The number of nitrogens with one attached hydrogen (secondary N) is 1. The zero-order valence-electron chi connectivity index (χ0n) is 17.9. The maximum Gasteiger partial charge on any atom is 0.305 e. The van der Waals surface area contributed by atoms with Crippen LogP contribution in [0.2, 0.25) is 0 Å². The van der Waals surface area contributed by atoms with Crippen LogP contribution >= 0.6 is 0 Å². The third-order valence-corrected chi connectivity index (χ3v) is 5.23. The second-order valence-corrected chi connectivity index (χ2v) is 7.53. The number of unbranched alkanes of at least 4 members (excludes halogenated alkanes) is 6. The summed E-state index contributed by atoms with van der Waals surface area (Å²) in [4.78, 5) is 23.4. The van der Waals surface area contributed by atoms with Crippen molar-refractivity contribution in [3.63, 3.8) is 0 Å². The Morgan fingerprint density at radius 2 is 2.00 bits per heavy atom. The van der Waals surface area contributed by atoms with E-state index in [1.807, 2.05) is 12.1 Å². The van der Waals surface area contributed by atoms with Gasteiger partial charge in [-0.05, 0) is 31.4 Å². The van der Waals surface area contributed by atoms with E-state index >= 15 is 0 Å². The van der Waals surface area contributed by atoms with E-state index in [0.717, 1.165) is 37.1 Å². The lowest BCUT2D eigenvalue weighted by Gasteiger charge is -2.13. The van der Waals surface area contributed by atoms with Crippen LogP contribution in [0.5, 0.6) is 0 Å². The minimum Gasteiger partial charge on any atom is -0.463 e. The number of aliphatic imine (C=N–C) groups is 2. The van der Waals surface area contributed by atoms with Crippen molar-refractivity contribution in [1.29, 1.82) is 0 Å². The molecule has 0 spiro atoms. The highest BCUT2D eigenvalue weighted by atomic mass is 16.6. The molecule has 0 radical (unpaired) electrons. The molecule has 0 amide bonds. The lowest BCUT2D eigenvalue weighted by Crippen LogP contribution is -2.18. The standard InChI is InChI=1S/C22H36N4O3/c1-3-4-5-6-7-8-9-10-21(27)28-15-17-11-14-20(29-17)18-12-13-19(26-18)22(24-2)25-16-23/h12-13,16-17,20,26H,3-11,14-15H2,1-2H3,(H2,23,24,25). The van der Waals surface area contributed by atoms with E-state index in [0.29, 0.717) is 18.9 Å². The van der Waals surface area contributed by atoms with Crippen molar-refractivity contribution in [2.75, 3.05) is 13.7 Å². The molecule has 2 atom stereocenters. The summed E-state index contributed by atoms with van der Waals surface area (Å²) in [6, 6.07) is 3.90. The highest BCUT2D eigenvalue weighted by Gasteiger charge is 2.28. The van der Waals surface area contributed by atoms with Gasteiger partial charge in [0.05, 0.1) is 24.2 Å². The second kappa shape index (κ2) is 13.1. The predicted molar refractivity (Wildman–Crippen MR) is 116 cm³/mol. The Morgan fingerprint density at radius 1 is 1.24 bits per heavy atom. The molecule has 1 aliphatic heterocycles. The fourth-order valence-electron chi connectivity index (χ4n) is 3.59. The van der Waals surface area contributed by atoms with Gasteiger partial charge in [-0.1, -0.05) is 45.4 Å². The molecule has 0 aliphatic carbocycles. The maximum atomic E-state index is 11.9. The van der Waals surface area contributed by atoms with Gasteiger partial charge in [-0.3, -0.25) is 9.79 Å². The molecular formula is C22H36N4O3. The number of carbonyl (C=O) groups is 1. The second-order valence-electron chi connectivity index (χ2n) is 7.53. The van der Waals surface area contributed by atoms with Gasteiger partial charge >= 0.3 is 5.97 Å². The Balaban J connectivity index is 1.65. The van der Waals surface area contributed by atoms with Crippen molar-refractivity contribution >= 4 is 18.1 Å². The largest absolute Gasteiger partial charge is 0.463 e. The average Bonchev–Trinajstić information content (AvgIpc) is 3.39. The summed E-state index contributed by atoms with van der Waals surface area (Å²) in [5, 5.41) is 0. The van der Waals surface area contributed by atoms with Gasteiger partial charge < -0.3 is 20.2 Å². The molecule has 1 aromatic heterocycles. The summed E-state index contributed by atoms with van der Waals surface area (Å²) in [6.07, 6.45) is 11.8. The molecule has 2 heterocycles. The molecule has 0 aromatic carbocycles. The van der Waals surface area contributed by atoms with Gasteiger partial charge in [-0.25, -0.2) is 4.99 Å². The quantitative estimate of drug-likeness (QED) is 0.235. The number of carbonyl (C=O) groups excluding carboxylic acids is 1. The van der Waals surface area contributed by atoms with Gasteiger partial charge in [0.1, 0.15) is 6.61 Å². The number of nitrogens with two attached hydrogens (primary N) is 1. The van der Waals surface area contributed by atoms with E-state index in [1.165, 1.54) is 38.4 Å². The van der Waals surface area contributed by atoms with Crippen LogP contribution in [0.15, 0.2) is 22.1 Å². The van der Waals surface area contributed by atoms with Crippen molar-refractivity contribution < 1.29 is 14.3 Å². The average molecular weight is 405 g/mol. The van der Waals surface area contributed by atoms with Crippen LogP contribution in [-0.2, 0) is 14.3 Å². The Morgan fingerprint density at radius 3 is 2.72 bits per heavy atom. The lowest BCUT2D eigenvalue weighted by molar-refractivity contribution is -0.147. The molecular weight excluding hydrogens is 368 g/mol. The van der Waals surface area contributed by atoms with E-state index in [1.54, 1.807) is 7.05 Å². The van der Waals surface area contributed by atoms with E-state index in [-0.39, 0.29) is 18.2 Å². The van der Waals surface area contributed by atoms with E-state index in [4.69, 9.17) is 15.2 Å². The summed E-state index contributed by atoms with van der Waals surface area (Å²) in [7, 11) is 1.67. The number of rotatable bonds is 12. The predicted octanol–water partition coefficient (Wildman–Crippen LogP) is 4.28. The maximum absolute atomic E-state index is 11.9. The van der Waals surface area contributed by atoms with E-state index in [2.05, 4.69) is 21.9 Å². The van der Waals surface area contributed by atoms with Gasteiger partial charge in [-0.2, -0.15) is 0 Å². The molecule has 2 unspecified atom stereocenters. The molecule has 1 aromatic rings. The SMILES string of the molecule is CCCCCCCCCC(=O)OCC1CCC(c2ccc(C(N=CN)=NC)[nH]2)O1. The first-order chi connectivity index (χ1) is 14.2. The first kappa shape index (κ1) is 23.1. The normalized spacial score (nSPS) is 19.9. The van der Waals surface area contributed by atoms with Crippen molar-refractivity contribution in [3.8, 4) is 0 Å². The monoisotopic (exact) mass is 404 g/mol. The van der Waals surface area contributed by atoms with Crippen LogP contribution in [0.25, 0.3) is 0 Å². The molecule has 2 rings (SSSR count). The summed E-state index contributed by atoms with van der Waals surface area (Å²) < 4.78 is 11.5. The number of hydrogen-bond donors (Lipinski definition) is 2. The number of amidine groups is 1. The molecule has 162 valence electrons. The van der Waals surface area contributed by atoms with Crippen LogP contribution in [0.4, 0.5) is 0 Å². The van der Waals surface area contributed by atoms with Crippen molar-refractivity contribution in [3.05, 3.63) is 23.5 Å². The fourth-order valence-corrected chi connectivity index (χ4v) is 3.59. The topological polar surface area (TPSA) is 102 Å². The molecule has 0 bridgehead atoms. The lowest BCUT2D eigenvalue weighted by atomic mass is 10.1. The minimum absolute atomic E-state index is 0.0319. The minimum atomic E-state index is -0.115. The number of ether oxygens (including phenoxy) is 2. The molecule has 7 heteroatoms. The Bertz CT molecular complexity index is 669. The third-order valence-electron chi connectivity index (χ3n) is 5.23. The highest BCUT2D eigenvalue weighted by molar-refractivity contribution is 6.01. The fraction of sp³-hybridized carbons (Fsp3) is 0.682. The summed E-state index contributed by atoms with van der Waals surface area (Å²) in [6.45, 7) is 2.55. The van der Waals surface area contributed by atoms with Crippen molar-refractivity contribution in [2.24, 2.45) is 15.7 Å². The van der Waals surface area contributed by atoms with Gasteiger partial charge in [0.15, 0.2) is 5.84 Å². The summed E-state index contributed by atoms with van der Waals surface area (Å²) in [5.74, 6) is 0.434. The molecule has 7 nitrogen and oxygen atoms in total. The highest BCUT2D eigenvalue weighted by Crippen LogP contribution is 2.32. The number of aromatic amines is 1. The van der Waals surface area contributed by atoms with Gasteiger partial charge in [0, 0.05) is 19.2 Å². The molecule has 3 N–H and O–H groups in total. The van der Waals surface area contributed by atoms with Crippen LogP contribution < -0.4 is 5.73 Å². The van der Waals surface area contributed by atoms with Crippen LogP contribution in [-0.4, -0.2) is 42.9 Å². The number of esters is 1. The zero-order valence-corrected chi connectivity index (χ0v) is 17.9. The van der Waals surface area contributed by atoms with Crippen LogP contribution in [0, 0.1) is 0 Å². The summed E-state index contributed by atoms with van der Waals surface area (Å²) in [5.41, 5.74) is 7.14. The number of H-pyrrole nitrogens is 1. The van der Waals surface area contributed by atoms with Crippen LogP contribution in [0.1, 0.15) is 88.6 Å². The number of hydrogen-bond acceptors (Lipinski definition) is 4. The number of aromatic nitrogens is 1. The van der Waals surface area contributed by atoms with Crippen molar-refractivity contribution in [2.45, 2.75) is 83.3 Å². The number of nitrogens with zero attached hydrogens (tertiary/aromatic N) is 2. The van der Waals surface area contributed by atoms with E-state index < -0.39 is 0 Å². The van der Waals surface area contributed by atoms with Crippen molar-refractivity contribution in [1.82, 2.24) is 4.98 Å². The van der Waals surface area contributed by atoms with Gasteiger partial charge in [0.25, 0.3) is 0 Å². The Labute approximate surface area is 174 Å². The van der Waals surface area contributed by atoms with Gasteiger partial charge in [0.2, 0.25) is 0 Å². The summed E-state index contributed by atoms with van der Waals surface area (Å²) >= 11 is 0.